The SMILES string of the molecule is O=C(NCCc1nc2ccccc2n1CCN1CCOCC1)c1cccs1. The average Bonchev–Trinajstić information content (AvgIpc) is 3.35. The maximum Gasteiger partial charge on any atom is 0.261 e. The van der Waals surface area contributed by atoms with Crippen LogP contribution in [0, 0.1) is 0 Å². The van der Waals surface area contributed by atoms with Gasteiger partial charge in [-0.3, -0.25) is 9.69 Å². The Morgan fingerprint density at radius 1 is 1.15 bits per heavy atom. The second kappa shape index (κ2) is 8.65. The number of thiophene rings is 1. The Bertz CT molecular complexity index is 885. The molecule has 1 amide bonds. The quantitative estimate of drug-likeness (QED) is 0.680. The van der Waals surface area contributed by atoms with Gasteiger partial charge >= 0.3 is 0 Å². The highest BCUT2D eigenvalue weighted by atomic mass is 32.1. The van der Waals surface area contributed by atoms with Crippen molar-refractivity contribution in [2.24, 2.45) is 0 Å². The lowest BCUT2D eigenvalue weighted by Gasteiger charge is -2.27. The van der Waals surface area contributed by atoms with Gasteiger partial charge < -0.3 is 14.6 Å². The van der Waals surface area contributed by atoms with E-state index in [4.69, 9.17) is 9.72 Å². The zero-order chi connectivity index (χ0) is 18.5. The lowest BCUT2D eigenvalue weighted by molar-refractivity contribution is 0.0364. The molecule has 1 fully saturated rings. The maximum atomic E-state index is 12.1. The van der Waals surface area contributed by atoms with E-state index in [1.54, 1.807) is 0 Å². The summed E-state index contributed by atoms with van der Waals surface area (Å²) in [6, 6.07) is 12.0. The lowest BCUT2D eigenvalue weighted by atomic mass is 10.3. The number of ether oxygens (including phenoxy) is 1. The molecule has 142 valence electrons. The molecule has 1 saturated heterocycles. The maximum absolute atomic E-state index is 12.1. The van der Waals surface area contributed by atoms with Crippen LogP contribution in [0.25, 0.3) is 11.0 Å². The summed E-state index contributed by atoms with van der Waals surface area (Å²) in [5, 5.41) is 4.92. The molecule has 27 heavy (non-hydrogen) atoms. The minimum absolute atomic E-state index is 0.0130. The average molecular weight is 385 g/mol. The molecule has 0 atom stereocenters. The third-order valence-electron chi connectivity index (χ3n) is 4.86. The molecule has 0 bridgehead atoms. The van der Waals surface area contributed by atoms with E-state index < -0.39 is 0 Å². The summed E-state index contributed by atoms with van der Waals surface area (Å²) in [4.78, 5) is 20.1. The molecule has 0 spiro atoms. The number of fused-ring (bicyclic) bond motifs is 1. The Hall–Kier alpha value is -2.22. The highest BCUT2D eigenvalue weighted by molar-refractivity contribution is 7.12. The van der Waals surface area contributed by atoms with Crippen LogP contribution >= 0.6 is 11.3 Å². The molecule has 3 aromatic rings. The molecule has 3 heterocycles. The van der Waals surface area contributed by atoms with Gasteiger partial charge in [0.15, 0.2) is 0 Å². The van der Waals surface area contributed by atoms with Crippen molar-refractivity contribution in [3.8, 4) is 0 Å². The highest BCUT2D eigenvalue weighted by Crippen LogP contribution is 2.17. The predicted molar refractivity (Wildman–Crippen MR) is 107 cm³/mol. The van der Waals surface area contributed by atoms with E-state index in [0.29, 0.717) is 6.54 Å². The highest BCUT2D eigenvalue weighted by Gasteiger charge is 2.14. The fourth-order valence-corrected chi connectivity index (χ4v) is 4.05. The molecular weight excluding hydrogens is 360 g/mol. The van der Waals surface area contributed by atoms with Crippen LogP contribution in [0.1, 0.15) is 15.5 Å². The summed E-state index contributed by atoms with van der Waals surface area (Å²) in [7, 11) is 0. The molecule has 1 aromatic carbocycles. The minimum Gasteiger partial charge on any atom is -0.379 e. The van der Waals surface area contributed by atoms with E-state index in [2.05, 4.69) is 26.9 Å². The van der Waals surface area contributed by atoms with Crippen molar-refractivity contribution in [2.45, 2.75) is 13.0 Å². The summed E-state index contributed by atoms with van der Waals surface area (Å²) >= 11 is 1.46. The van der Waals surface area contributed by atoms with Gasteiger partial charge in [0.05, 0.1) is 29.1 Å². The Balaban J connectivity index is 1.43. The van der Waals surface area contributed by atoms with E-state index in [1.165, 1.54) is 11.3 Å². The van der Waals surface area contributed by atoms with E-state index in [9.17, 15) is 4.79 Å². The van der Waals surface area contributed by atoms with Gasteiger partial charge in [0, 0.05) is 39.1 Å². The molecule has 1 aliphatic rings. The molecule has 7 heteroatoms. The van der Waals surface area contributed by atoms with Gasteiger partial charge in [-0.05, 0) is 23.6 Å². The Morgan fingerprint density at radius 3 is 2.81 bits per heavy atom. The molecule has 0 unspecified atom stereocenters. The molecule has 4 rings (SSSR count). The van der Waals surface area contributed by atoms with Crippen molar-refractivity contribution in [3.63, 3.8) is 0 Å². The van der Waals surface area contributed by atoms with Gasteiger partial charge in [0.2, 0.25) is 0 Å². The zero-order valence-electron chi connectivity index (χ0n) is 15.3. The number of nitrogens with zero attached hydrogens (tertiary/aromatic N) is 3. The number of hydrogen-bond acceptors (Lipinski definition) is 5. The number of morpholine rings is 1. The number of carbonyl (C=O) groups excluding carboxylic acids is 1. The van der Waals surface area contributed by atoms with Gasteiger partial charge in [-0.2, -0.15) is 0 Å². The first-order valence-electron chi connectivity index (χ1n) is 9.37. The predicted octanol–water partition coefficient (Wildman–Crippen LogP) is 2.40. The van der Waals surface area contributed by atoms with Crippen LogP contribution in [-0.4, -0.2) is 59.8 Å². The van der Waals surface area contributed by atoms with Crippen LogP contribution in [0.5, 0.6) is 0 Å². The Labute approximate surface area is 162 Å². The Morgan fingerprint density at radius 2 is 2.00 bits per heavy atom. The van der Waals surface area contributed by atoms with Crippen molar-refractivity contribution in [1.82, 2.24) is 19.8 Å². The number of imidazole rings is 1. The first-order chi connectivity index (χ1) is 13.3. The largest absolute Gasteiger partial charge is 0.379 e. The van der Waals surface area contributed by atoms with E-state index in [-0.39, 0.29) is 5.91 Å². The van der Waals surface area contributed by atoms with Crippen LogP contribution in [0.2, 0.25) is 0 Å². The van der Waals surface area contributed by atoms with Crippen molar-refractivity contribution in [2.75, 3.05) is 39.4 Å². The Kier molecular flexibility index (Phi) is 5.81. The monoisotopic (exact) mass is 384 g/mol. The first-order valence-corrected chi connectivity index (χ1v) is 10.3. The van der Waals surface area contributed by atoms with E-state index in [1.807, 2.05) is 29.6 Å². The first kappa shape index (κ1) is 18.2. The number of carbonyl (C=O) groups is 1. The van der Waals surface area contributed by atoms with Crippen molar-refractivity contribution in [3.05, 3.63) is 52.5 Å². The van der Waals surface area contributed by atoms with Gasteiger partial charge in [-0.1, -0.05) is 18.2 Å². The fraction of sp³-hybridized carbons (Fsp3) is 0.400. The molecule has 0 radical (unpaired) electrons. The summed E-state index contributed by atoms with van der Waals surface area (Å²) in [5.41, 5.74) is 2.17. The second-order valence-corrected chi connectivity index (χ2v) is 7.55. The summed E-state index contributed by atoms with van der Waals surface area (Å²) < 4.78 is 7.73. The summed E-state index contributed by atoms with van der Waals surface area (Å²) in [5.74, 6) is 1.01. The third-order valence-corrected chi connectivity index (χ3v) is 5.72. The van der Waals surface area contributed by atoms with Crippen LogP contribution < -0.4 is 5.32 Å². The normalized spacial score (nSPS) is 15.3. The molecule has 0 aliphatic carbocycles. The molecule has 6 nitrogen and oxygen atoms in total. The number of para-hydroxylation sites is 2. The van der Waals surface area contributed by atoms with Crippen LogP contribution in [-0.2, 0) is 17.7 Å². The topological polar surface area (TPSA) is 59.4 Å². The lowest BCUT2D eigenvalue weighted by Crippen LogP contribution is -2.38. The molecule has 0 saturated carbocycles. The van der Waals surface area contributed by atoms with Crippen LogP contribution in [0.4, 0.5) is 0 Å². The zero-order valence-corrected chi connectivity index (χ0v) is 16.1. The van der Waals surface area contributed by atoms with Gasteiger partial charge in [-0.25, -0.2) is 4.98 Å². The van der Waals surface area contributed by atoms with Gasteiger partial charge in [-0.15, -0.1) is 11.3 Å². The van der Waals surface area contributed by atoms with Crippen LogP contribution in [0.15, 0.2) is 41.8 Å². The summed E-state index contributed by atoms with van der Waals surface area (Å²) in [6.45, 7) is 6.06. The van der Waals surface area contributed by atoms with E-state index in [0.717, 1.165) is 67.5 Å². The number of hydrogen-bond donors (Lipinski definition) is 1. The van der Waals surface area contributed by atoms with Gasteiger partial charge in [0.1, 0.15) is 5.82 Å². The number of aromatic nitrogens is 2. The third kappa shape index (κ3) is 4.37. The van der Waals surface area contributed by atoms with E-state index >= 15 is 0 Å². The standard InChI is InChI=1S/C20H24N4O2S/c25-20(18-6-3-15-27-18)21-8-7-19-22-16-4-1-2-5-17(16)24(19)10-9-23-11-13-26-14-12-23/h1-6,15H,7-14H2,(H,21,25). The summed E-state index contributed by atoms with van der Waals surface area (Å²) in [6.07, 6.45) is 0.717. The minimum atomic E-state index is -0.0130. The van der Waals surface area contributed by atoms with Crippen molar-refractivity contribution < 1.29 is 9.53 Å². The molecular formula is C20H24N4O2S. The number of benzene rings is 1. The smallest absolute Gasteiger partial charge is 0.261 e. The molecule has 1 N–H and O–H groups in total. The number of rotatable bonds is 7. The molecule has 1 aliphatic heterocycles. The van der Waals surface area contributed by atoms with Crippen molar-refractivity contribution in [1.29, 1.82) is 0 Å². The molecule has 2 aromatic heterocycles. The number of amides is 1. The number of nitrogens with one attached hydrogen (secondary N) is 1. The second-order valence-electron chi connectivity index (χ2n) is 6.61. The van der Waals surface area contributed by atoms with Crippen LogP contribution in [0.3, 0.4) is 0 Å². The fourth-order valence-electron chi connectivity index (χ4n) is 3.41. The van der Waals surface area contributed by atoms with Gasteiger partial charge in [0.25, 0.3) is 5.91 Å². The van der Waals surface area contributed by atoms with Crippen molar-refractivity contribution >= 4 is 28.3 Å².